The summed E-state index contributed by atoms with van der Waals surface area (Å²) in [4.78, 5) is 0. The maximum Gasteiger partial charge on any atom is 0.166 e. The molecule has 2 N–H and O–H groups in total. The number of nitrogens with one attached hydrogen (secondary N) is 2. The van der Waals surface area contributed by atoms with Crippen molar-refractivity contribution in [2.75, 3.05) is 26.3 Å². The predicted molar refractivity (Wildman–Crippen MR) is 76.7 cm³/mol. The van der Waals surface area contributed by atoms with Crippen LogP contribution >= 0.6 is 12.2 Å². The molecular weight excluding hydrogens is 248 g/mol. The number of hydrogen-bond acceptors (Lipinski definition) is 3. The molecule has 1 aromatic rings. The van der Waals surface area contributed by atoms with Crippen molar-refractivity contribution in [3.05, 3.63) is 18.0 Å². The van der Waals surface area contributed by atoms with Gasteiger partial charge in [0.2, 0.25) is 0 Å². The Labute approximate surface area is 114 Å². The minimum atomic E-state index is 0.690. The highest BCUT2D eigenvalue weighted by molar-refractivity contribution is 7.80. The first-order valence-electron chi connectivity index (χ1n) is 6.31. The first kappa shape index (κ1) is 14.9. The van der Waals surface area contributed by atoms with Gasteiger partial charge in [0.25, 0.3) is 0 Å². The van der Waals surface area contributed by atoms with Gasteiger partial charge in [-0.05, 0) is 38.0 Å². The fraction of sp³-hybridized carbons (Fsp3) is 0.667. The number of nitrogens with zero attached hydrogens (tertiary/aromatic N) is 2. The molecular formula is C12H22N4OS. The number of rotatable bonds is 8. The molecule has 5 nitrogen and oxygen atoms in total. The van der Waals surface area contributed by atoms with Gasteiger partial charge in [0.05, 0.1) is 12.7 Å². The molecule has 0 spiro atoms. The Kier molecular flexibility index (Phi) is 7.36. The smallest absolute Gasteiger partial charge is 0.166 e. The number of ether oxygens (including phenoxy) is 1. The summed E-state index contributed by atoms with van der Waals surface area (Å²) in [5.41, 5.74) is 1.17. The van der Waals surface area contributed by atoms with Gasteiger partial charge in [-0.1, -0.05) is 0 Å². The molecule has 1 aromatic heterocycles. The Morgan fingerprint density at radius 2 is 2.22 bits per heavy atom. The Balaban J connectivity index is 2.00. The van der Waals surface area contributed by atoms with E-state index in [9.17, 15) is 0 Å². The second-order valence-corrected chi connectivity index (χ2v) is 4.42. The lowest BCUT2D eigenvalue weighted by Gasteiger charge is -2.10. The van der Waals surface area contributed by atoms with Gasteiger partial charge in [-0.15, -0.1) is 0 Å². The molecule has 102 valence electrons. The van der Waals surface area contributed by atoms with E-state index in [4.69, 9.17) is 17.0 Å². The molecule has 0 bridgehead atoms. The molecule has 1 heterocycles. The summed E-state index contributed by atoms with van der Waals surface area (Å²) in [5, 5.41) is 11.2. The Hall–Kier alpha value is -1.14. The third-order valence-electron chi connectivity index (χ3n) is 2.34. The van der Waals surface area contributed by atoms with E-state index in [1.807, 2.05) is 30.9 Å². The van der Waals surface area contributed by atoms with Gasteiger partial charge < -0.3 is 15.4 Å². The average molecular weight is 270 g/mol. The molecule has 6 heteroatoms. The van der Waals surface area contributed by atoms with Crippen molar-refractivity contribution < 1.29 is 4.74 Å². The monoisotopic (exact) mass is 270 g/mol. The molecule has 0 fully saturated rings. The van der Waals surface area contributed by atoms with Crippen LogP contribution in [0.5, 0.6) is 0 Å². The lowest BCUT2D eigenvalue weighted by molar-refractivity contribution is 0.145. The van der Waals surface area contributed by atoms with Crippen LogP contribution in [0.25, 0.3) is 0 Å². The van der Waals surface area contributed by atoms with Gasteiger partial charge in [0, 0.05) is 32.5 Å². The molecule has 0 saturated heterocycles. The third kappa shape index (κ3) is 6.56. The first-order chi connectivity index (χ1) is 8.72. The molecule has 0 unspecified atom stereocenters. The molecule has 0 aliphatic heterocycles. The second-order valence-electron chi connectivity index (χ2n) is 4.01. The van der Waals surface area contributed by atoms with E-state index in [0.29, 0.717) is 5.11 Å². The zero-order chi connectivity index (χ0) is 13.2. The van der Waals surface area contributed by atoms with Gasteiger partial charge in [0.15, 0.2) is 5.11 Å². The van der Waals surface area contributed by atoms with Crippen molar-refractivity contribution in [3.63, 3.8) is 0 Å². The van der Waals surface area contributed by atoms with Crippen molar-refractivity contribution in [1.82, 2.24) is 20.4 Å². The standard InChI is InChI=1S/C12H22N4OS/c1-3-17-8-4-5-13-12(18)14-6-7-16-10-11(2)9-15-16/h9-10H,3-8H2,1-2H3,(H2,13,14,18). The molecule has 0 saturated carbocycles. The molecule has 18 heavy (non-hydrogen) atoms. The fourth-order valence-electron chi connectivity index (χ4n) is 1.46. The molecule has 1 rings (SSSR count). The highest BCUT2D eigenvalue weighted by atomic mass is 32.1. The molecule has 0 amide bonds. The van der Waals surface area contributed by atoms with Crippen LogP contribution in [-0.2, 0) is 11.3 Å². The van der Waals surface area contributed by atoms with E-state index < -0.39 is 0 Å². The van der Waals surface area contributed by atoms with E-state index >= 15 is 0 Å². The van der Waals surface area contributed by atoms with E-state index in [1.165, 1.54) is 5.56 Å². The van der Waals surface area contributed by atoms with Crippen LogP contribution in [0.1, 0.15) is 18.9 Å². The lowest BCUT2D eigenvalue weighted by atomic mass is 10.4. The summed E-state index contributed by atoms with van der Waals surface area (Å²) in [6, 6.07) is 0. The van der Waals surface area contributed by atoms with Crippen LogP contribution in [0, 0.1) is 6.92 Å². The number of aromatic nitrogens is 2. The van der Waals surface area contributed by atoms with Crippen LogP contribution in [-0.4, -0.2) is 41.2 Å². The van der Waals surface area contributed by atoms with E-state index in [-0.39, 0.29) is 0 Å². The van der Waals surface area contributed by atoms with Crippen molar-refractivity contribution in [3.8, 4) is 0 Å². The van der Waals surface area contributed by atoms with E-state index in [0.717, 1.165) is 39.3 Å². The van der Waals surface area contributed by atoms with Crippen LogP contribution in [0.2, 0.25) is 0 Å². The van der Waals surface area contributed by atoms with Gasteiger partial charge >= 0.3 is 0 Å². The SMILES string of the molecule is CCOCCCNC(=S)NCCn1cc(C)cn1. The lowest BCUT2D eigenvalue weighted by Crippen LogP contribution is -2.37. The highest BCUT2D eigenvalue weighted by Gasteiger charge is 1.96. The number of hydrogen-bond donors (Lipinski definition) is 2. The Bertz CT molecular complexity index is 354. The average Bonchev–Trinajstić information content (AvgIpc) is 2.75. The normalized spacial score (nSPS) is 10.3. The zero-order valence-corrected chi connectivity index (χ0v) is 11.9. The van der Waals surface area contributed by atoms with Crippen LogP contribution in [0.4, 0.5) is 0 Å². The van der Waals surface area contributed by atoms with E-state index in [2.05, 4.69) is 15.7 Å². The number of thiocarbonyl (C=S) groups is 1. The summed E-state index contributed by atoms with van der Waals surface area (Å²) in [6.07, 6.45) is 4.83. The predicted octanol–water partition coefficient (Wildman–Crippen LogP) is 1.08. The van der Waals surface area contributed by atoms with Crippen molar-refractivity contribution >= 4 is 17.3 Å². The zero-order valence-electron chi connectivity index (χ0n) is 11.1. The van der Waals surface area contributed by atoms with Crippen molar-refractivity contribution in [1.29, 1.82) is 0 Å². The first-order valence-corrected chi connectivity index (χ1v) is 6.71. The molecule has 0 atom stereocenters. The molecule has 0 radical (unpaired) electrons. The second kappa shape index (κ2) is 8.88. The quantitative estimate of drug-likeness (QED) is 0.547. The van der Waals surface area contributed by atoms with E-state index in [1.54, 1.807) is 0 Å². The van der Waals surface area contributed by atoms with Crippen LogP contribution in [0.15, 0.2) is 12.4 Å². The van der Waals surface area contributed by atoms with Gasteiger partial charge in [0.1, 0.15) is 0 Å². The van der Waals surface area contributed by atoms with Crippen LogP contribution in [0.3, 0.4) is 0 Å². The van der Waals surface area contributed by atoms with Gasteiger partial charge in [-0.2, -0.15) is 5.10 Å². The van der Waals surface area contributed by atoms with Gasteiger partial charge in [-0.3, -0.25) is 4.68 Å². The highest BCUT2D eigenvalue weighted by Crippen LogP contribution is 1.92. The summed E-state index contributed by atoms with van der Waals surface area (Å²) in [7, 11) is 0. The minimum Gasteiger partial charge on any atom is -0.382 e. The summed E-state index contributed by atoms with van der Waals surface area (Å²) in [6.45, 7) is 8.00. The minimum absolute atomic E-state index is 0.690. The fourth-order valence-corrected chi connectivity index (χ4v) is 1.66. The van der Waals surface area contributed by atoms with Crippen molar-refractivity contribution in [2.45, 2.75) is 26.8 Å². The van der Waals surface area contributed by atoms with Crippen molar-refractivity contribution in [2.24, 2.45) is 0 Å². The molecule has 0 aliphatic carbocycles. The summed E-state index contributed by atoms with van der Waals surface area (Å²) < 4.78 is 7.14. The maximum atomic E-state index is 5.24. The number of aryl methyl sites for hydroxylation is 1. The molecule has 0 aromatic carbocycles. The Morgan fingerprint density at radius 1 is 1.44 bits per heavy atom. The van der Waals surface area contributed by atoms with Gasteiger partial charge in [-0.25, -0.2) is 0 Å². The third-order valence-corrected chi connectivity index (χ3v) is 2.63. The molecule has 0 aliphatic rings. The Morgan fingerprint density at radius 3 is 2.89 bits per heavy atom. The summed E-state index contributed by atoms with van der Waals surface area (Å²) in [5.74, 6) is 0. The largest absolute Gasteiger partial charge is 0.382 e. The topological polar surface area (TPSA) is 51.1 Å². The maximum absolute atomic E-state index is 5.24. The summed E-state index contributed by atoms with van der Waals surface area (Å²) >= 11 is 5.16. The van der Waals surface area contributed by atoms with Crippen LogP contribution < -0.4 is 10.6 Å².